The smallest absolute Gasteiger partial charge is 0.351 e. The molecule has 2 unspecified atom stereocenters. The number of H-pyrrole nitrogens is 1. The summed E-state index contributed by atoms with van der Waals surface area (Å²) < 4.78 is 39.4. The van der Waals surface area contributed by atoms with Gasteiger partial charge in [0, 0.05) is 53.4 Å². The third kappa shape index (κ3) is 6.32. The van der Waals surface area contributed by atoms with Crippen molar-refractivity contribution >= 4 is 64.0 Å². The first-order valence-corrected chi connectivity index (χ1v) is 13.1. The third-order valence-corrected chi connectivity index (χ3v) is 8.04. The van der Waals surface area contributed by atoms with Crippen LogP contribution in [0.4, 0.5) is 13.2 Å². The lowest BCUT2D eigenvalue weighted by atomic mass is 9.98. The van der Waals surface area contributed by atoms with E-state index in [4.69, 9.17) is 11.6 Å². The maximum absolute atomic E-state index is 13.1. The summed E-state index contributed by atoms with van der Waals surface area (Å²) in [7, 11) is 1.96. The van der Waals surface area contributed by atoms with Gasteiger partial charge < -0.3 is 25.4 Å². The van der Waals surface area contributed by atoms with Crippen LogP contribution >= 0.6 is 35.3 Å². The molecule has 2 aliphatic rings. The molecule has 0 radical (unpaired) electrons. The van der Waals surface area contributed by atoms with Crippen molar-refractivity contribution in [3.8, 4) is 0 Å². The van der Waals surface area contributed by atoms with Crippen molar-refractivity contribution in [2.75, 3.05) is 26.7 Å². The minimum Gasteiger partial charge on any atom is -0.351 e. The molecule has 2 atom stereocenters. The average Bonchev–Trinajstić information content (AvgIpc) is 3.47. The number of thiazole rings is 1. The van der Waals surface area contributed by atoms with Crippen LogP contribution in [0.3, 0.4) is 0 Å². The van der Waals surface area contributed by atoms with Crippen molar-refractivity contribution in [2.45, 2.75) is 37.6 Å². The fourth-order valence-electron chi connectivity index (χ4n) is 4.76. The Morgan fingerprint density at radius 2 is 1.87 bits per heavy atom. The zero-order chi connectivity index (χ0) is 27.2. The van der Waals surface area contributed by atoms with E-state index in [-0.39, 0.29) is 36.1 Å². The van der Waals surface area contributed by atoms with Crippen LogP contribution < -0.4 is 10.6 Å². The molecule has 2 aliphatic heterocycles. The number of halogens is 5. The van der Waals surface area contributed by atoms with Crippen molar-refractivity contribution in [1.29, 1.82) is 0 Å². The van der Waals surface area contributed by atoms with Gasteiger partial charge in [-0.3, -0.25) is 14.4 Å². The number of nitrogens with one attached hydrogen (secondary N) is 3. The van der Waals surface area contributed by atoms with E-state index in [0.29, 0.717) is 28.4 Å². The molecule has 210 valence electrons. The van der Waals surface area contributed by atoms with Gasteiger partial charge >= 0.3 is 12.1 Å². The fourth-order valence-corrected chi connectivity index (χ4v) is 6.03. The van der Waals surface area contributed by atoms with Crippen molar-refractivity contribution in [3.05, 3.63) is 50.6 Å². The molecule has 9 nitrogen and oxygen atoms in total. The number of hydrogen-bond donors (Lipinski definition) is 3. The molecule has 15 heteroatoms. The van der Waals surface area contributed by atoms with Crippen LogP contribution in [-0.2, 0) is 17.8 Å². The first kappa shape index (κ1) is 29.1. The van der Waals surface area contributed by atoms with Crippen molar-refractivity contribution in [2.24, 2.45) is 0 Å². The highest BCUT2D eigenvalue weighted by molar-refractivity contribution is 7.13. The number of likely N-dealkylation sites (tertiary alicyclic amines) is 1. The Balaban J connectivity index is 0.00000353. The predicted molar refractivity (Wildman–Crippen MR) is 142 cm³/mol. The Kier molecular flexibility index (Phi) is 8.45. The Morgan fingerprint density at radius 3 is 2.62 bits per heavy atom. The van der Waals surface area contributed by atoms with Gasteiger partial charge in [0.25, 0.3) is 11.8 Å². The summed E-state index contributed by atoms with van der Waals surface area (Å²) in [6.07, 6.45) is -4.33. The minimum atomic E-state index is -5.04. The second-order valence-electron chi connectivity index (χ2n) is 9.49. The number of carbonyl (C=O) groups is 3. The lowest BCUT2D eigenvalue weighted by Gasteiger charge is -2.39. The van der Waals surface area contributed by atoms with Crippen LogP contribution in [-0.4, -0.2) is 82.4 Å². The molecule has 0 saturated carbocycles. The maximum atomic E-state index is 13.1. The number of aromatic nitrogens is 2. The average molecular weight is 605 g/mol. The summed E-state index contributed by atoms with van der Waals surface area (Å²) in [6.45, 7) is 0.829. The van der Waals surface area contributed by atoms with Gasteiger partial charge in [0.2, 0.25) is 0 Å². The van der Waals surface area contributed by atoms with E-state index >= 15 is 0 Å². The SMILES string of the molecule is CN1CCc2nc(C(=O)NC3CN(C(=O)C(F)(F)F)CCC3NC(=O)c3cc4cc(Cl)ccc4[nH]3)sc2C1.Cl. The number of rotatable bonds is 4. The van der Waals surface area contributed by atoms with Gasteiger partial charge in [-0.2, -0.15) is 13.2 Å². The number of amides is 3. The van der Waals surface area contributed by atoms with Crippen molar-refractivity contribution in [1.82, 2.24) is 30.4 Å². The van der Waals surface area contributed by atoms with E-state index in [1.54, 1.807) is 24.3 Å². The summed E-state index contributed by atoms with van der Waals surface area (Å²) in [4.78, 5) is 49.2. The molecule has 2 aromatic heterocycles. The summed E-state index contributed by atoms with van der Waals surface area (Å²) in [5, 5.41) is 6.95. The maximum Gasteiger partial charge on any atom is 0.471 e. The molecule has 0 aliphatic carbocycles. The predicted octanol–water partition coefficient (Wildman–Crippen LogP) is 3.38. The lowest BCUT2D eigenvalue weighted by molar-refractivity contribution is -0.186. The minimum absolute atomic E-state index is 0. The molecule has 39 heavy (non-hydrogen) atoms. The lowest BCUT2D eigenvalue weighted by Crippen LogP contribution is -2.62. The topological polar surface area (TPSA) is 110 Å². The number of nitrogens with zero attached hydrogens (tertiary/aromatic N) is 3. The number of carbonyl (C=O) groups excluding carboxylic acids is 3. The monoisotopic (exact) mass is 604 g/mol. The van der Waals surface area contributed by atoms with E-state index in [0.717, 1.165) is 22.5 Å². The number of fused-ring (bicyclic) bond motifs is 2. The van der Waals surface area contributed by atoms with Gasteiger partial charge in [-0.15, -0.1) is 23.7 Å². The molecular formula is C24H25Cl2F3N6O3S. The van der Waals surface area contributed by atoms with E-state index in [1.165, 1.54) is 11.3 Å². The number of benzene rings is 1. The summed E-state index contributed by atoms with van der Waals surface area (Å²) in [5.41, 5.74) is 1.76. The molecule has 1 aromatic carbocycles. The fraction of sp³-hybridized carbons (Fsp3) is 0.417. The van der Waals surface area contributed by atoms with E-state index < -0.39 is 42.5 Å². The summed E-state index contributed by atoms with van der Waals surface area (Å²) in [5.74, 6) is -3.04. The van der Waals surface area contributed by atoms with Gasteiger partial charge in [-0.05, 0) is 37.7 Å². The van der Waals surface area contributed by atoms with E-state index in [1.807, 2.05) is 7.05 Å². The molecule has 4 heterocycles. The van der Waals surface area contributed by atoms with Crippen LogP contribution in [0.25, 0.3) is 10.9 Å². The summed E-state index contributed by atoms with van der Waals surface area (Å²) >= 11 is 7.25. The van der Waals surface area contributed by atoms with Gasteiger partial charge in [0.15, 0.2) is 5.01 Å². The standard InChI is InChI=1S/C24H24ClF3N6O3S.ClH/c1-33-6-4-16-19(11-33)38-22(32-16)21(36)31-18-10-34(23(37)24(26,27)28)7-5-15(18)30-20(35)17-9-12-8-13(25)2-3-14(12)29-17;/h2-3,8-9,15,18,29H,4-7,10-11H2,1H3,(H,30,35)(H,31,36);1H. The molecule has 1 fully saturated rings. The number of alkyl halides is 3. The van der Waals surface area contributed by atoms with Crippen molar-refractivity contribution < 1.29 is 27.6 Å². The Morgan fingerprint density at radius 1 is 1.13 bits per heavy atom. The first-order valence-electron chi connectivity index (χ1n) is 11.9. The summed E-state index contributed by atoms with van der Waals surface area (Å²) in [6, 6.07) is 5.02. The molecule has 0 spiro atoms. The molecule has 5 rings (SSSR count). The van der Waals surface area contributed by atoms with Crippen LogP contribution in [0.1, 0.15) is 37.3 Å². The van der Waals surface area contributed by atoms with Crippen LogP contribution in [0.2, 0.25) is 5.02 Å². The molecular weight excluding hydrogens is 580 g/mol. The largest absolute Gasteiger partial charge is 0.471 e. The quantitative estimate of drug-likeness (QED) is 0.423. The Hall–Kier alpha value is -2.87. The number of aromatic amines is 1. The van der Waals surface area contributed by atoms with Gasteiger partial charge in [-0.25, -0.2) is 4.98 Å². The van der Waals surface area contributed by atoms with Crippen LogP contribution in [0.15, 0.2) is 24.3 Å². The number of hydrogen-bond acceptors (Lipinski definition) is 6. The molecule has 3 aromatic rings. The van der Waals surface area contributed by atoms with Crippen molar-refractivity contribution in [3.63, 3.8) is 0 Å². The highest BCUT2D eigenvalue weighted by atomic mass is 35.5. The third-order valence-electron chi connectivity index (χ3n) is 6.72. The number of likely N-dealkylation sites (N-methyl/N-ethyl adjacent to an activating group) is 1. The van der Waals surface area contributed by atoms with Crippen LogP contribution in [0, 0.1) is 0 Å². The van der Waals surface area contributed by atoms with Crippen LogP contribution in [0.5, 0.6) is 0 Å². The van der Waals surface area contributed by atoms with Gasteiger partial charge in [-0.1, -0.05) is 11.6 Å². The second kappa shape index (κ2) is 11.3. The second-order valence-corrected chi connectivity index (χ2v) is 11.0. The normalized spacial score (nSPS) is 19.8. The zero-order valence-electron chi connectivity index (χ0n) is 20.6. The Bertz CT molecular complexity index is 1410. The number of piperidine rings is 1. The molecule has 0 bridgehead atoms. The molecule has 1 saturated heterocycles. The molecule has 3 N–H and O–H groups in total. The highest BCUT2D eigenvalue weighted by Crippen LogP contribution is 2.26. The zero-order valence-corrected chi connectivity index (χ0v) is 23.0. The Labute approximate surface area is 236 Å². The molecule has 3 amide bonds. The van der Waals surface area contributed by atoms with Gasteiger partial charge in [0.05, 0.1) is 17.8 Å². The highest BCUT2D eigenvalue weighted by Gasteiger charge is 2.45. The van der Waals surface area contributed by atoms with E-state index in [2.05, 4.69) is 25.5 Å². The first-order chi connectivity index (χ1) is 18.0. The van der Waals surface area contributed by atoms with E-state index in [9.17, 15) is 27.6 Å². The van der Waals surface area contributed by atoms with Gasteiger partial charge in [0.1, 0.15) is 5.69 Å².